The van der Waals surface area contributed by atoms with Crippen LogP contribution in [0.15, 0.2) is 24.3 Å². The molecule has 1 aliphatic rings. The molecule has 0 spiro atoms. The van der Waals surface area contributed by atoms with Gasteiger partial charge in [0, 0.05) is 30.7 Å². The van der Waals surface area contributed by atoms with Crippen molar-refractivity contribution in [3.8, 4) is 0 Å². The molecule has 2 unspecified atom stereocenters. The second-order valence-corrected chi connectivity index (χ2v) is 6.06. The summed E-state index contributed by atoms with van der Waals surface area (Å²) in [5.41, 5.74) is 6.87. The van der Waals surface area contributed by atoms with Gasteiger partial charge in [-0.2, -0.15) is 0 Å². The standard InChI is InChI=1S/C16H26FN3/c1-12(18)16(14-6-4-5-7-15(14)17)20-10-8-13(9-11-20)19(2)3/h4-7,12-13,16H,8-11,18H2,1-3H3. The Hall–Kier alpha value is -0.970. The monoisotopic (exact) mass is 279 g/mol. The molecule has 0 amide bonds. The number of piperidine rings is 1. The van der Waals surface area contributed by atoms with E-state index in [9.17, 15) is 4.39 Å². The molecule has 0 aliphatic carbocycles. The third kappa shape index (κ3) is 3.37. The molecular formula is C16H26FN3. The Morgan fingerprint density at radius 3 is 2.35 bits per heavy atom. The van der Waals surface area contributed by atoms with Crippen molar-refractivity contribution in [2.75, 3.05) is 27.2 Å². The van der Waals surface area contributed by atoms with E-state index in [-0.39, 0.29) is 17.9 Å². The van der Waals surface area contributed by atoms with Gasteiger partial charge >= 0.3 is 0 Å². The van der Waals surface area contributed by atoms with E-state index >= 15 is 0 Å². The molecule has 0 radical (unpaired) electrons. The van der Waals surface area contributed by atoms with E-state index in [4.69, 9.17) is 5.73 Å². The lowest BCUT2D eigenvalue weighted by Gasteiger charge is -2.41. The molecule has 2 atom stereocenters. The fourth-order valence-electron chi connectivity index (χ4n) is 3.21. The van der Waals surface area contributed by atoms with Crippen LogP contribution in [0.4, 0.5) is 4.39 Å². The third-order valence-electron chi connectivity index (χ3n) is 4.34. The van der Waals surface area contributed by atoms with Crippen LogP contribution in [0.25, 0.3) is 0 Å². The number of rotatable bonds is 4. The largest absolute Gasteiger partial charge is 0.326 e. The van der Waals surface area contributed by atoms with Gasteiger partial charge in [0.05, 0.1) is 6.04 Å². The van der Waals surface area contributed by atoms with Gasteiger partial charge in [-0.3, -0.25) is 4.90 Å². The predicted octanol–water partition coefficient (Wildman–Crippen LogP) is 2.24. The Balaban J connectivity index is 2.13. The average Bonchev–Trinajstić information content (AvgIpc) is 2.41. The van der Waals surface area contributed by atoms with Gasteiger partial charge in [-0.1, -0.05) is 18.2 Å². The van der Waals surface area contributed by atoms with Crippen LogP contribution in [0.5, 0.6) is 0 Å². The highest BCUT2D eigenvalue weighted by molar-refractivity contribution is 5.23. The summed E-state index contributed by atoms with van der Waals surface area (Å²) in [6, 6.07) is 7.52. The van der Waals surface area contributed by atoms with E-state index in [1.165, 1.54) is 6.07 Å². The molecule has 1 aromatic carbocycles. The van der Waals surface area contributed by atoms with Crippen molar-refractivity contribution >= 4 is 0 Å². The van der Waals surface area contributed by atoms with Gasteiger partial charge < -0.3 is 10.6 Å². The summed E-state index contributed by atoms with van der Waals surface area (Å²) in [5.74, 6) is -0.149. The molecule has 0 aromatic heterocycles. The van der Waals surface area contributed by atoms with Crippen molar-refractivity contribution in [2.24, 2.45) is 5.73 Å². The Bertz CT molecular complexity index is 425. The van der Waals surface area contributed by atoms with Crippen LogP contribution >= 0.6 is 0 Å². The molecule has 3 nitrogen and oxygen atoms in total. The number of likely N-dealkylation sites (tertiary alicyclic amines) is 1. The maximum atomic E-state index is 14.1. The van der Waals surface area contributed by atoms with Crippen molar-refractivity contribution in [2.45, 2.75) is 37.9 Å². The van der Waals surface area contributed by atoms with E-state index < -0.39 is 0 Å². The summed E-state index contributed by atoms with van der Waals surface area (Å²) in [4.78, 5) is 4.62. The van der Waals surface area contributed by atoms with Crippen LogP contribution in [0.1, 0.15) is 31.4 Å². The Morgan fingerprint density at radius 2 is 1.85 bits per heavy atom. The summed E-state index contributed by atoms with van der Waals surface area (Å²) in [5, 5.41) is 0. The van der Waals surface area contributed by atoms with Crippen LogP contribution < -0.4 is 5.73 Å². The molecule has 0 bridgehead atoms. The predicted molar refractivity (Wildman–Crippen MR) is 81.1 cm³/mol. The first-order valence-electron chi connectivity index (χ1n) is 7.41. The first-order valence-corrected chi connectivity index (χ1v) is 7.41. The molecular weight excluding hydrogens is 253 g/mol. The zero-order chi connectivity index (χ0) is 14.7. The molecule has 2 rings (SSSR count). The Labute approximate surface area is 121 Å². The zero-order valence-electron chi connectivity index (χ0n) is 12.7. The number of halogens is 1. The lowest BCUT2D eigenvalue weighted by Crippen LogP contribution is -2.47. The summed E-state index contributed by atoms with van der Waals surface area (Å²) in [6.07, 6.45) is 2.23. The van der Waals surface area contributed by atoms with Gasteiger partial charge in [-0.05, 0) is 39.9 Å². The lowest BCUT2D eigenvalue weighted by atomic mass is 9.94. The van der Waals surface area contributed by atoms with Crippen molar-refractivity contribution in [1.29, 1.82) is 0 Å². The fraction of sp³-hybridized carbons (Fsp3) is 0.625. The van der Waals surface area contributed by atoms with Gasteiger partial charge in [0.15, 0.2) is 0 Å². The highest BCUT2D eigenvalue weighted by Crippen LogP contribution is 2.29. The molecule has 1 aliphatic heterocycles. The van der Waals surface area contributed by atoms with Crippen LogP contribution in [0.3, 0.4) is 0 Å². The smallest absolute Gasteiger partial charge is 0.128 e. The molecule has 1 aromatic rings. The minimum absolute atomic E-state index is 0.0284. The molecule has 4 heteroatoms. The SMILES string of the molecule is CC(N)C(c1ccccc1F)N1CCC(N(C)C)CC1. The number of hydrogen-bond acceptors (Lipinski definition) is 3. The van der Waals surface area contributed by atoms with Crippen LogP contribution in [0.2, 0.25) is 0 Å². The number of hydrogen-bond donors (Lipinski definition) is 1. The quantitative estimate of drug-likeness (QED) is 0.917. The van der Waals surface area contributed by atoms with E-state index in [1.54, 1.807) is 6.07 Å². The van der Waals surface area contributed by atoms with E-state index in [2.05, 4.69) is 23.9 Å². The van der Waals surface area contributed by atoms with E-state index in [1.807, 2.05) is 19.1 Å². The Morgan fingerprint density at radius 1 is 1.25 bits per heavy atom. The van der Waals surface area contributed by atoms with Gasteiger partial charge in [-0.25, -0.2) is 4.39 Å². The number of nitrogens with two attached hydrogens (primary N) is 1. The van der Waals surface area contributed by atoms with Crippen LogP contribution in [-0.2, 0) is 0 Å². The van der Waals surface area contributed by atoms with Crippen molar-refractivity contribution in [3.63, 3.8) is 0 Å². The highest BCUT2D eigenvalue weighted by atomic mass is 19.1. The second-order valence-electron chi connectivity index (χ2n) is 6.06. The molecule has 112 valence electrons. The molecule has 2 N–H and O–H groups in total. The average molecular weight is 279 g/mol. The summed E-state index contributed by atoms with van der Waals surface area (Å²) < 4.78 is 14.1. The normalized spacial score (nSPS) is 21.1. The summed E-state index contributed by atoms with van der Waals surface area (Å²) in [6.45, 7) is 3.92. The maximum Gasteiger partial charge on any atom is 0.128 e. The van der Waals surface area contributed by atoms with Crippen LogP contribution in [0, 0.1) is 5.82 Å². The third-order valence-corrected chi connectivity index (χ3v) is 4.34. The van der Waals surface area contributed by atoms with Gasteiger partial charge in [0.1, 0.15) is 5.82 Å². The lowest BCUT2D eigenvalue weighted by molar-refractivity contribution is 0.0966. The highest BCUT2D eigenvalue weighted by Gasteiger charge is 2.30. The molecule has 1 heterocycles. The van der Waals surface area contributed by atoms with E-state index in [0.29, 0.717) is 6.04 Å². The first kappa shape index (κ1) is 15.4. The topological polar surface area (TPSA) is 32.5 Å². The Kier molecular flexibility index (Phi) is 5.13. The number of benzene rings is 1. The minimum Gasteiger partial charge on any atom is -0.326 e. The van der Waals surface area contributed by atoms with Crippen LogP contribution in [-0.4, -0.2) is 49.1 Å². The van der Waals surface area contributed by atoms with E-state index in [0.717, 1.165) is 31.5 Å². The minimum atomic E-state index is -0.149. The first-order chi connectivity index (χ1) is 9.50. The second kappa shape index (κ2) is 6.66. The van der Waals surface area contributed by atoms with Gasteiger partial charge in [0.25, 0.3) is 0 Å². The van der Waals surface area contributed by atoms with Gasteiger partial charge in [0.2, 0.25) is 0 Å². The molecule has 1 saturated heterocycles. The molecule has 20 heavy (non-hydrogen) atoms. The number of nitrogens with zero attached hydrogens (tertiary/aromatic N) is 2. The molecule has 1 fully saturated rings. The van der Waals surface area contributed by atoms with Crippen molar-refractivity contribution in [3.05, 3.63) is 35.6 Å². The van der Waals surface area contributed by atoms with Gasteiger partial charge in [-0.15, -0.1) is 0 Å². The molecule has 0 saturated carbocycles. The summed E-state index contributed by atoms with van der Waals surface area (Å²) in [7, 11) is 4.25. The zero-order valence-corrected chi connectivity index (χ0v) is 12.7. The summed E-state index contributed by atoms with van der Waals surface area (Å²) >= 11 is 0. The van der Waals surface area contributed by atoms with Crippen molar-refractivity contribution in [1.82, 2.24) is 9.80 Å². The van der Waals surface area contributed by atoms with Crippen molar-refractivity contribution < 1.29 is 4.39 Å². The maximum absolute atomic E-state index is 14.1. The fourth-order valence-corrected chi connectivity index (χ4v) is 3.21.